The SMILES string of the molecule is CN1CCC=C(c2nsnc2SCc2cccs2)C1.O=C(O)C(=O)O. The fourth-order valence-electron chi connectivity index (χ4n) is 2.07. The third-order valence-corrected chi connectivity index (χ3v) is 5.94. The minimum Gasteiger partial charge on any atom is -0.473 e. The van der Waals surface area contributed by atoms with Gasteiger partial charge in [-0.05, 0) is 30.5 Å². The first-order valence-electron chi connectivity index (χ1n) is 7.29. The number of carboxylic acids is 2. The first kappa shape index (κ1) is 19.6. The molecule has 0 bridgehead atoms. The summed E-state index contributed by atoms with van der Waals surface area (Å²) < 4.78 is 8.95. The van der Waals surface area contributed by atoms with E-state index in [1.807, 2.05) is 0 Å². The molecular weight excluding hydrogens is 382 g/mol. The highest BCUT2D eigenvalue weighted by Crippen LogP contribution is 2.31. The Kier molecular flexibility index (Phi) is 7.56. The van der Waals surface area contributed by atoms with Gasteiger partial charge >= 0.3 is 11.9 Å². The summed E-state index contributed by atoms with van der Waals surface area (Å²) in [7, 11) is 2.16. The van der Waals surface area contributed by atoms with Crippen LogP contribution in [0.3, 0.4) is 0 Å². The van der Waals surface area contributed by atoms with Crippen LogP contribution in [0.2, 0.25) is 0 Å². The molecule has 0 radical (unpaired) electrons. The molecule has 7 nitrogen and oxygen atoms in total. The number of aliphatic carboxylic acids is 2. The first-order valence-corrected chi connectivity index (χ1v) is 9.89. The van der Waals surface area contributed by atoms with Gasteiger partial charge in [0.2, 0.25) is 0 Å². The molecule has 2 N–H and O–H groups in total. The molecule has 134 valence electrons. The molecule has 0 fully saturated rings. The smallest absolute Gasteiger partial charge is 0.414 e. The fourth-order valence-corrected chi connectivity index (χ4v) is 4.55. The largest absolute Gasteiger partial charge is 0.473 e. The maximum Gasteiger partial charge on any atom is 0.414 e. The van der Waals surface area contributed by atoms with Gasteiger partial charge in [-0.25, -0.2) is 9.59 Å². The summed E-state index contributed by atoms with van der Waals surface area (Å²) in [5, 5.41) is 18.0. The predicted molar refractivity (Wildman–Crippen MR) is 99.2 cm³/mol. The van der Waals surface area contributed by atoms with E-state index in [9.17, 15) is 0 Å². The number of carbonyl (C=O) groups is 2. The molecule has 2 aromatic rings. The molecule has 1 aliphatic rings. The number of aromatic nitrogens is 2. The maximum atomic E-state index is 9.10. The van der Waals surface area contributed by atoms with Gasteiger partial charge in [0.15, 0.2) is 0 Å². The van der Waals surface area contributed by atoms with E-state index in [1.165, 1.54) is 22.2 Å². The summed E-state index contributed by atoms with van der Waals surface area (Å²) in [5.41, 5.74) is 2.43. The van der Waals surface area contributed by atoms with Crippen LogP contribution in [0.1, 0.15) is 17.0 Å². The molecule has 25 heavy (non-hydrogen) atoms. The zero-order valence-electron chi connectivity index (χ0n) is 13.4. The zero-order chi connectivity index (χ0) is 18.2. The van der Waals surface area contributed by atoms with Gasteiger partial charge in [-0.3, -0.25) is 0 Å². The van der Waals surface area contributed by atoms with Crippen LogP contribution in [-0.2, 0) is 15.3 Å². The number of hydrogen-bond donors (Lipinski definition) is 2. The van der Waals surface area contributed by atoms with Crippen molar-refractivity contribution in [3.8, 4) is 0 Å². The average molecular weight is 400 g/mol. The second-order valence-corrected chi connectivity index (χ2v) is 7.68. The highest BCUT2D eigenvalue weighted by atomic mass is 32.2. The summed E-state index contributed by atoms with van der Waals surface area (Å²) >= 11 is 4.91. The molecule has 1 aliphatic heterocycles. The molecule has 0 unspecified atom stereocenters. The van der Waals surface area contributed by atoms with Gasteiger partial charge in [-0.2, -0.15) is 8.75 Å². The molecule has 0 saturated heterocycles. The molecule has 3 rings (SSSR count). The Bertz CT molecular complexity index is 731. The van der Waals surface area contributed by atoms with Crippen molar-refractivity contribution in [3.63, 3.8) is 0 Å². The molecule has 0 atom stereocenters. The summed E-state index contributed by atoms with van der Waals surface area (Å²) in [4.78, 5) is 21.9. The van der Waals surface area contributed by atoms with E-state index in [0.29, 0.717) is 0 Å². The van der Waals surface area contributed by atoms with Gasteiger partial charge in [0.05, 0.1) is 11.7 Å². The van der Waals surface area contributed by atoms with Crippen molar-refractivity contribution in [1.29, 1.82) is 0 Å². The molecular formula is C15H17N3O4S3. The number of rotatable bonds is 4. The summed E-state index contributed by atoms with van der Waals surface area (Å²) in [6.45, 7) is 2.12. The Labute approximate surface area is 157 Å². The van der Waals surface area contributed by atoms with Gasteiger partial charge < -0.3 is 15.1 Å². The van der Waals surface area contributed by atoms with Gasteiger partial charge in [-0.15, -0.1) is 11.3 Å². The van der Waals surface area contributed by atoms with Crippen LogP contribution in [-0.4, -0.2) is 55.9 Å². The minimum absolute atomic E-state index is 0.984. The van der Waals surface area contributed by atoms with Crippen molar-refractivity contribution in [2.45, 2.75) is 17.2 Å². The Morgan fingerprint density at radius 3 is 2.68 bits per heavy atom. The van der Waals surface area contributed by atoms with E-state index >= 15 is 0 Å². The van der Waals surface area contributed by atoms with Crippen molar-refractivity contribution < 1.29 is 19.8 Å². The van der Waals surface area contributed by atoms with Crippen molar-refractivity contribution in [3.05, 3.63) is 34.2 Å². The monoisotopic (exact) mass is 399 g/mol. The lowest BCUT2D eigenvalue weighted by Crippen LogP contribution is -2.25. The molecule has 10 heteroatoms. The van der Waals surface area contributed by atoms with E-state index in [-0.39, 0.29) is 0 Å². The number of carboxylic acid groups (broad SMARTS) is 2. The first-order chi connectivity index (χ1) is 12.0. The number of hydrogen-bond acceptors (Lipinski definition) is 8. The standard InChI is InChI=1S/C13H15N3S3.C2H2O4/c1-16-6-2-4-10(8-16)12-13(15-19-14-12)18-9-11-5-3-7-17-11;3-1(4)2(5)6/h3-5,7H,2,6,8-9H2,1H3;(H,3,4)(H,5,6). The van der Waals surface area contributed by atoms with Crippen LogP contribution in [0.5, 0.6) is 0 Å². The average Bonchev–Trinajstić information content (AvgIpc) is 3.25. The molecule has 2 aromatic heterocycles. The summed E-state index contributed by atoms with van der Waals surface area (Å²) in [5.74, 6) is -2.66. The van der Waals surface area contributed by atoms with E-state index in [1.54, 1.807) is 23.1 Å². The van der Waals surface area contributed by atoms with Gasteiger partial charge in [-0.1, -0.05) is 23.9 Å². The lowest BCUT2D eigenvalue weighted by Gasteiger charge is -2.22. The van der Waals surface area contributed by atoms with Crippen LogP contribution in [0.4, 0.5) is 0 Å². The van der Waals surface area contributed by atoms with Crippen LogP contribution < -0.4 is 0 Å². The number of thiophene rings is 1. The second-order valence-electron chi connectivity index (χ2n) is 5.15. The van der Waals surface area contributed by atoms with Crippen LogP contribution in [0, 0.1) is 0 Å². The Balaban J connectivity index is 0.000000326. The molecule has 0 aliphatic carbocycles. The normalized spacial score (nSPS) is 14.4. The maximum absolute atomic E-state index is 9.10. The van der Waals surface area contributed by atoms with Gasteiger partial charge in [0.1, 0.15) is 10.7 Å². The highest BCUT2D eigenvalue weighted by Gasteiger charge is 2.17. The Morgan fingerprint density at radius 2 is 2.08 bits per heavy atom. The van der Waals surface area contributed by atoms with Crippen molar-refractivity contribution in [2.75, 3.05) is 20.1 Å². The quantitative estimate of drug-likeness (QED) is 0.597. The summed E-state index contributed by atoms with van der Waals surface area (Å²) in [6, 6.07) is 4.27. The van der Waals surface area contributed by atoms with E-state index in [0.717, 1.165) is 36.0 Å². The van der Waals surface area contributed by atoms with Crippen LogP contribution in [0.15, 0.2) is 28.6 Å². The van der Waals surface area contributed by atoms with Crippen molar-refractivity contribution in [1.82, 2.24) is 13.6 Å². The minimum atomic E-state index is -1.82. The van der Waals surface area contributed by atoms with Gasteiger partial charge in [0, 0.05) is 23.7 Å². The number of thioether (sulfide) groups is 1. The predicted octanol–water partition coefficient (Wildman–Crippen LogP) is 2.77. The summed E-state index contributed by atoms with van der Waals surface area (Å²) in [6.07, 6.45) is 3.42. The molecule has 0 aromatic carbocycles. The second kappa shape index (κ2) is 9.66. The fraction of sp³-hybridized carbons (Fsp3) is 0.333. The number of nitrogens with zero attached hydrogens (tertiary/aromatic N) is 3. The third kappa shape index (κ3) is 6.24. The number of likely N-dealkylation sites (N-methyl/N-ethyl adjacent to an activating group) is 1. The zero-order valence-corrected chi connectivity index (χ0v) is 15.9. The molecule has 0 saturated carbocycles. The lowest BCUT2D eigenvalue weighted by molar-refractivity contribution is -0.159. The van der Waals surface area contributed by atoms with E-state index in [2.05, 4.69) is 44.3 Å². The molecule has 0 amide bonds. The van der Waals surface area contributed by atoms with E-state index in [4.69, 9.17) is 19.8 Å². The lowest BCUT2D eigenvalue weighted by atomic mass is 10.1. The topological polar surface area (TPSA) is 104 Å². The van der Waals surface area contributed by atoms with Crippen LogP contribution in [0.25, 0.3) is 5.57 Å². The van der Waals surface area contributed by atoms with Gasteiger partial charge in [0.25, 0.3) is 0 Å². The molecule has 3 heterocycles. The molecule has 0 spiro atoms. The Morgan fingerprint density at radius 1 is 1.32 bits per heavy atom. The third-order valence-electron chi connectivity index (χ3n) is 3.22. The Hall–Kier alpha value is -1.75. The van der Waals surface area contributed by atoms with Crippen molar-refractivity contribution >= 4 is 52.3 Å². The van der Waals surface area contributed by atoms with Crippen LogP contribution >= 0.6 is 34.8 Å². The van der Waals surface area contributed by atoms with Crippen molar-refractivity contribution in [2.24, 2.45) is 0 Å². The van der Waals surface area contributed by atoms with E-state index < -0.39 is 11.9 Å². The highest BCUT2D eigenvalue weighted by molar-refractivity contribution is 7.98.